The molecule has 0 aromatic carbocycles. The van der Waals surface area contributed by atoms with Gasteiger partial charge >= 0.3 is 0 Å². The Bertz CT molecular complexity index is 143. The van der Waals surface area contributed by atoms with Gasteiger partial charge < -0.3 is 10.6 Å². The molecule has 1 rings (SSSR count). The molecule has 0 aliphatic carbocycles. The second kappa shape index (κ2) is 5.33. The van der Waals surface area contributed by atoms with Crippen LogP contribution in [0.3, 0.4) is 0 Å². The van der Waals surface area contributed by atoms with E-state index in [1.807, 2.05) is 0 Å². The first-order valence-electron chi connectivity index (χ1n) is 4.96. The molecular weight excluding hydrogens is 148 g/mol. The molecule has 1 heterocycles. The minimum absolute atomic E-state index is 0.683. The maximum Gasteiger partial charge on any atom is 0.0106 e. The van der Waals surface area contributed by atoms with Gasteiger partial charge in [-0.3, -0.25) is 0 Å². The molecule has 0 radical (unpaired) electrons. The molecule has 70 valence electrons. The summed E-state index contributed by atoms with van der Waals surface area (Å²) < 4.78 is 0. The lowest BCUT2D eigenvalue weighted by atomic mass is 9.98. The normalized spacial score (nSPS) is 26.7. The fourth-order valence-corrected chi connectivity index (χ4v) is 1.81. The first kappa shape index (κ1) is 9.75. The van der Waals surface area contributed by atoms with Crippen LogP contribution in [0, 0.1) is 5.92 Å². The van der Waals surface area contributed by atoms with E-state index in [1.54, 1.807) is 0 Å². The summed E-state index contributed by atoms with van der Waals surface area (Å²) in [7, 11) is 0. The molecule has 2 heteroatoms. The van der Waals surface area contributed by atoms with Crippen LogP contribution in [0.15, 0.2) is 12.2 Å². The van der Waals surface area contributed by atoms with Crippen molar-refractivity contribution in [2.24, 2.45) is 11.7 Å². The molecule has 2 nitrogen and oxygen atoms in total. The maximum atomic E-state index is 5.41. The highest BCUT2D eigenvalue weighted by molar-refractivity contribution is 4.92. The van der Waals surface area contributed by atoms with Crippen LogP contribution in [0.2, 0.25) is 0 Å². The largest absolute Gasteiger partial charge is 0.327 e. The van der Waals surface area contributed by atoms with Crippen molar-refractivity contribution in [2.75, 3.05) is 26.2 Å². The van der Waals surface area contributed by atoms with Gasteiger partial charge in [0.15, 0.2) is 0 Å². The molecule has 1 saturated heterocycles. The van der Waals surface area contributed by atoms with Gasteiger partial charge in [0.2, 0.25) is 0 Å². The van der Waals surface area contributed by atoms with Gasteiger partial charge in [-0.15, -0.1) is 0 Å². The van der Waals surface area contributed by atoms with Crippen molar-refractivity contribution in [3.05, 3.63) is 12.2 Å². The average Bonchev–Trinajstić information content (AvgIpc) is 2.15. The molecule has 1 fully saturated rings. The van der Waals surface area contributed by atoms with Crippen LogP contribution >= 0.6 is 0 Å². The summed E-state index contributed by atoms with van der Waals surface area (Å²) in [5, 5.41) is 0. The van der Waals surface area contributed by atoms with Crippen molar-refractivity contribution in [3.8, 4) is 0 Å². The van der Waals surface area contributed by atoms with Crippen LogP contribution in [0.5, 0.6) is 0 Å². The molecule has 0 aromatic rings. The van der Waals surface area contributed by atoms with E-state index in [-0.39, 0.29) is 0 Å². The summed E-state index contributed by atoms with van der Waals surface area (Å²) in [6.07, 6.45) is 7.05. The summed E-state index contributed by atoms with van der Waals surface area (Å²) in [5.41, 5.74) is 5.41. The van der Waals surface area contributed by atoms with E-state index in [0.29, 0.717) is 6.54 Å². The standard InChI is InChI=1S/C10H20N2/c1-2-12-8-4-6-10(9-12)5-3-7-11/h3,5,10H,2,4,6-9,11H2,1H3/b5-3-. The molecule has 1 aliphatic heterocycles. The quantitative estimate of drug-likeness (QED) is 0.642. The van der Waals surface area contributed by atoms with E-state index in [9.17, 15) is 0 Å². The Morgan fingerprint density at radius 3 is 3.08 bits per heavy atom. The van der Waals surface area contributed by atoms with Crippen LogP contribution in [-0.4, -0.2) is 31.1 Å². The minimum atomic E-state index is 0.683. The summed E-state index contributed by atoms with van der Waals surface area (Å²) in [4.78, 5) is 2.51. The fraction of sp³-hybridized carbons (Fsp3) is 0.800. The first-order valence-corrected chi connectivity index (χ1v) is 4.96. The number of nitrogens with two attached hydrogens (primary N) is 1. The van der Waals surface area contributed by atoms with Gasteiger partial charge in [-0.1, -0.05) is 19.1 Å². The Hall–Kier alpha value is -0.340. The van der Waals surface area contributed by atoms with Crippen molar-refractivity contribution in [1.29, 1.82) is 0 Å². The number of nitrogens with zero attached hydrogens (tertiary/aromatic N) is 1. The molecule has 12 heavy (non-hydrogen) atoms. The smallest absolute Gasteiger partial charge is 0.0106 e. The number of hydrogen-bond acceptors (Lipinski definition) is 2. The molecule has 1 atom stereocenters. The summed E-state index contributed by atoms with van der Waals surface area (Å²) in [6.45, 7) is 6.61. The van der Waals surface area contributed by atoms with Gasteiger partial charge in [-0.05, 0) is 31.8 Å². The van der Waals surface area contributed by atoms with Gasteiger partial charge in [0.25, 0.3) is 0 Å². The van der Waals surface area contributed by atoms with Gasteiger partial charge in [0.05, 0.1) is 0 Å². The van der Waals surface area contributed by atoms with Gasteiger partial charge in [-0.2, -0.15) is 0 Å². The minimum Gasteiger partial charge on any atom is -0.327 e. The highest BCUT2D eigenvalue weighted by atomic mass is 15.1. The number of rotatable bonds is 3. The summed E-state index contributed by atoms with van der Waals surface area (Å²) in [6, 6.07) is 0. The monoisotopic (exact) mass is 168 g/mol. The van der Waals surface area contributed by atoms with Gasteiger partial charge in [0.1, 0.15) is 0 Å². The van der Waals surface area contributed by atoms with E-state index >= 15 is 0 Å². The first-order chi connectivity index (χ1) is 5.86. The maximum absolute atomic E-state index is 5.41. The summed E-state index contributed by atoms with van der Waals surface area (Å²) in [5.74, 6) is 0.752. The average molecular weight is 168 g/mol. The molecule has 0 bridgehead atoms. The molecule has 0 saturated carbocycles. The molecule has 1 aliphatic rings. The Balaban J connectivity index is 2.30. The Kier molecular flexibility index (Phi) is 4.33. The predicted octanol–water partition coefficient (Wildman–Crippen LogP) is 1.23. The Labute approximate surface area is 75.4 Å². The van der Waals surface area contributed by atoms with Crippen LogP contribution in [-0.2, 0) is 0 Å². The van der Waals surface area contributed by atoms with E-state index in [1.165, 1.54) is 32.5 Å². The van der Waals surface area contributed by atoms with E-state index in [4.69, 9.17) is 5.73 Å². The van der Waals surface area contributed by atoms with Crippen molar-refractivity contribution >= 4 is 0 Å². The van der Waals surface area contributed by atoms with Crippen molar-refractivity contribution in [2.45, 2.75) is 19.8 Å². The zero-order chi connectivity index (χ0) is 8.81. The molecule has 0 spiro atoms. The van der Waals surface area contributed by atoms with Crippen molar-refractivity contribution in [1.82, 2.24) is 4.90 Å². The van der Waals surface area contributed by atoms with Crippen molar-refractivity contribution in [3.63, 3.8) is 0 Å². The van der Waals surface area contributed by atoms with E-state index in [2.05, 4.69) is 24.0 Å². The molecule has 0 aromatic heterocycles. The summed E-state index contributed by atoms with van der Waals surface area (Å²) >= 11 is 0. The van der Waals surface area contributed by atoms with Crippen molar-refractivity contribution < 1.29 is 0 Å². The van der Waals surface area contributed by atoms with Crippen LogP contribution in [0.25, 0.3) is 0 Å². The number of piperidine rings is 1. The second-order valence-corrected chi connectivity index (χ2v) is 3.46. The fourth-order valence-electron chi connectivity index (χ4n) is 1.81. The lowest BCUT2D eigenvalue weighted by Crippen LogP contribution is -2.34. The predicted molar refractivity (Wildman–Crippen MR) is 53.0 cm³/mol. The zero-order valence-corrected chi connectivity index (χ0v) is 8.00. The Morgan fingerprint density at radius 2 is 2.42 bits per heavy atom. The third-order valence-corrected chi connectivity index (χ3v) is 2.53. The number of likely N-dealkylation sites (tertiary alicyclic amines) is 1. The molecular formula is C10H20N2. The number of hydrogen-bond donors (Lipinski definition) is 1. The third-order valence-electron chi connectivity index (χ3n) is 2.53. The van der Waals surface area contributed by atoms with Crippen LogP contribution in [0.4, 0.5) is 0 Å². The van der Waals surface area contributed by atoms with E-state index in [0.717, 1.165) is 5.92 Å². The lowest BCUT2D eigenvalue weighted by molar-refractivity contribution is 0.206. The Morgan fingerprint density at radius 1 is 1.58 bits per heavy atom. The van der Waals surface area contributed by atoms with Gasteiger partial charge in [-0.25, -0.2) is 0 Å². The SMILES string of the molecule is CCN1CCCC(/C=C\CN)C1. The highest BCUT2D eigenvalue weighted by Gasteiger charge is 2.15. The molecule has 1 unspecified atom stereocenters. The van der Waals surface area contributed by atoms with Crippen LogP contribution in [0.1, 0.15) is 19.8 Å². The second-order valence-electron chi connectivity index (χ2n) is 3.46. The third kappa shape index (κ3) is 2.95. The highest BCUT2D eigenvalue weighted by Crippen LogP contribution is 2.16. The molecule has 2 N–H and O–H groups in total. The lowest BCUT2D eigenvalue weighted by Gasteiger charge is -2.30. The van der Waals surface area contributed by atoms with Gasteiger partial charge in [0, 0.05) is 13.1 Å². The topological polar surface area (TPSA) is 29.3 Å². The molecule has 0 amide bonds. The van der Waals surface area contributed by atoms with E-state index < -0.39 is 0 Å². The van der Waals surface area contributed by atoms with Crippen LogP contribution < -0.4 is 5.73 Å². The zero-order valence-electron chi connectivity index (χ0n) is 8.00.